The van der Waals surface area contributed by atoms with E-state index in [9.17, 15) is 18.0 Å². The maximum Gasteiger partial charge on any atom is 0.425 e. The van der Waals surface area contributed by atoms with Gasteiger partial charge in [0, 0.05) is 13.1 Å². The Bertz CT molecular complexity index is 224. The van der Waals surface area contributed by atoms with Crippen molar-refractivity contribution in [1.29, 1.82) is 0 Å². The summed E-state index contributed by atoms with van der Waals surface area (Å²) in [6, 6.07) is 0. The molecule has 88 valence electrons. The molecule has 1 fully saturated rings. The van der Waals surface area contributed by atoms with Gasteiger partial charge in [0.05, 0.1) is 0 Å². The first-order valence-electron chi connectivity index (χ1n) is 4.93. The molecule has 1 rings (SSSR count). The molecule has 0 aromatic heterocycles. The largest absolute Gasteiger partial charge is 0.437 e. The zero-order valence-corrected chi connectivity index (χ0v) is 8.51. The van der Waals surface area contributed by atoms with E-state index in [4.69, 9.17) is 0 Å². The fourth-order valence-electron chi connectivity index (χ4n) is 1.37. The molecule has 0 saturated carbocycles. The van der Waals surface area contributed by atoms with Gasteiger partial charge >= 0.3 is 12.3 Å². The van der Waals surface area contributed by atoms with E-state index >= 15 is 0 Å². The van der Waals surface area contributed by atoms with E-state index in [1.54, 1.807) is 0 Å². The molecule has 0 aromatic carbocycles. The van der Waals surface area contributed by atoms with Gasteiger partial charge in [-0.15, -0.1) is 0 Å². The first kappa shape index (κ1) is 12.1. The van der Waals surface area contributed by atoms with Gasteiger partial charge in [-0.2, -0.15) is 13.2 Å². The van der Waals surface area contributed by atoms with Crippen molar-refractivity contribution in [2.75, 3.05) is 13.1 Å². The van der Waals surface area contributed by atoms with Crippen LogP contribution in [0.15, 0.2) is 0 Å². The number of ether oxygens (including phenoxy) is 1. The van der Waals surface area contributed by atoms with E-state index in [2.05, 4.69) is 4.74 Å². The summed E-state index contributed by atoms with van der Waals surface area (Å²) < 4.78 is 40.6. The molecule has 0 aliphatic carbocycles. The molecule has 1 aliphatic heterocycles. The van der Waals surface area contributed by atoms with Gasteiger partial charge in [0.15, 0.2) is 6.10 Å². The van der Waals surface area contributed by atoms with Crippen LogP contribution < -0.4 is 0 Å². The normalized spacial score (nSPS) is 19.9. The van der Waals surface area contributed by atoms with Gasteiger partial charge < -0.3 is 9.64 Å². The van der Waals surface area contributed by atoms with Crippen LogP contribution in [-0.4, -0.2) is 36.4 Å². The van der Waals surface area contributed by atoms with Crippen molar-refractivity contribution in [3.8, 4) is 0 Å². The predicted octanol–water partition coefficient (Wildman–Crippen LogP) is 2.56. The molecule has 0 aromatic rings. The highest BCUT2D eigenvalue weighted by Crippen LogP contribution is 2.23. The fraction of sp³-hybridized carbons (Fsp3) is 0.889. The molecule has 0 N–H and O–H groups in total. The summed E-state index contributed by atoms with van der Waals surface area (Å²) in [6.45, 7) is 1.81. The van der Waals surface area contributed by atoms with Crippen molar-refractivity contribution in [1.82, 2.24) is 4.90 Å². The average Bonchev–Trinajstić information content (AvgIpc) is 2.17. The number of carbonyl (C=O) groups is 1. The van der Waals surface area contributed by atoms with Gasteiger partial charge in [0.1, 0.15) is 0 Å². The molecule has 1 heterocycles. The maximum atomic E-state index is 12.1. The number of amides is 1. The average molecular weight is 225 g/mol. The van der Waals surface area contributed by atoms with Crippen molar-refractivity contribution in [2.24, 2.45) is 0 Å². The molecule has 3 nitrogen and oxygen atoms in total. The third-order valence-corrected chi connectivity index (χ3v) is 2.35. The molecule has 0 radical (unpaired) electrons. The van der Waals surface area contributed by atoms with Gasteiger partial charge in [-0.05, 0) is 26.2 Å². The van der Waals surface area contributed by atoms with Crippen LogP contribution in [0.4, 0.5) is 18.0 Å². The number of nitrogens with zero attached hydrogens (tertiary/aromatic N) is 1. The summed E-state index contributed by atoms with van der Waals surface area (Å²) in [6.07, 6.45) is -4.71. The highest BCUT2D eigenvalue weighted by molar-refractivity contribution is 5.67. The van der Waals surface area contributed by atoms with Gasteiger partial charge in [-0.1, -0.05) is 0 Å². The second kappa shape index (κ2) is 4.72. The lowest BCUT2D eigenvalue weighted by Crippen LogP contribution is -2.40. The van der Waals surface area contributed by atoms with Gasteiger partial charge in [-0.25, -0.2) is 4.79 Å². The van der Waals surface area contributed by atoms with Crippen LogP contribution in [0.25, 0.3) is 0 Å². The Labute approximate surface area is 86.2 Å². The molecule has 1 amide bonds. The van der Waals surface area contributed by atoms with Crippen LogP contribution in [0.5, 0.6) is 0 Å². The minimum absolute atomic E-state index is 0.489. The van der Waals surface area contributed by atoms with Gasteiger partial charge in [0.2, 0.25) is 0 Å². The number of piperidine rings is 1. The first-order valence-corrected chi connectivity index (χ1v) is 4.93. The molecule has 1 aliphatic rings. The Balaban J connectivity index is 2.40. The van der Waals surface area contributed by atoms with Crippen molar-refractivity contribution >= 4 is 6.09 Å². The molecule has 6 heteroatoms. The Morgan fingerprint density at radius 2 is 1.80 bits per heavy atom. The number of hydrogen-bond donors (Lipinski definition) is 0. The molecular formula is C9H14F3NO2. The van der Waals surface area contributed by atoms with Crippen LogP contribution in [0.2, 0.25) is 0 Å². The predicted molar refractivity (Wildman–Crippen MR) is 47.4 cm³/mol. The summed E-state index contributed by atoms with van der Waals surface area (Å²) in [5.74, 6) is 0. The highest BCUT2D eigenvalue weighted by atomic mass is 19.4. The maximum absolute atomic E-state index is 12.1. The Kier molecular flexibility index (Phi) is 3.82. The Morgan fingerprint density at radius 1 is 1.27 bits per heavy atom. The van der Waals surface area contributed by atoms with E-state index in [1.165, 1.54) is 4.90 Å². The zero-order chi connectivity index (χ0) is 11.5. The van der Waals surface area contributed by atoms with E-state index in [0.29, 0.717) is 13.1 Å². The third kappa shape index (κ3) is 3.60. The van der Waals surface area contributed by atoms with E-state index in [1.807, 2.05) is 0 Å². The second-order valence-electron chi connectivity index (χ2n) is 3.62. The smallest absolute Gasteiger partial charge is 0.425 e. The molecule has 1 saturated heterocycles. The van der Waals surface area contributed by atoms with E-state index in [0.717, 1.165) is 26.2 Å². The lowest BCUT2D eigenvalue weighted by molar-refractivity contribution is -0.199. The van der Waals surface area contributed by atoms with E-state index in [-0.39, 0.29) is 0 Å². The summed E-state index contributed by atoms with van der Waals surface area (Å²) >= 11 is 0. The third-order valence-electron chi connectivity index (χ3n) is 2.35. The monoisotopic (exact) mass is 225 g/mol. The van der Waals surface area contributed by atoms with E-state index < -0.39 is 18.4 Å². The summed E-state index contributed by atoms with van der Waals surface area (Å²) in [5, 5.41) is 0. The molecule has 0 spiro atoms. The zero-order valence-electron chi connectivity index (χ0n) is 8.51. The molecule has 15 heavy (non-hydrogen) atoms. The number of alkyl halides is 3. The van der Waals surface area contributed by atoms with Crippen molar-refractivity contribution in [2.45, 2.75) is 38.5 Å². The van der Waals surface area contributed by atoms with Crippen LogP contribution in [0.1, 0.15) is 26.2 Å². The highest BCUT2D eigenvalue weighted by Gasteiger charge is 2.40. The minimum atomic E-state index is -4.48. The quantitative estimate of drug-likeness (QED) is 0.686. The number of likely N-dealkylation sites (tertiary alicyclic amines) is 1. The Morgan fingerprint density at radius 3 is 2.27 bits per heavy atom. The SMILES string of the molecule is CC(OC(=O)N1CCCCC1)C(F)(F)F. The topological polar surface area (TPSA) is 29.5 Å². The van der Waals surface area contributed by atoms with Crippen LogP contribution in [-0.2, 0) is 4.74 Å². The molecule has 0 bridgehead atoms. The summed E-state index contributed by atoms with van der Waals surface area (Å²) in [4.78, 5) is 12.6. The standard InChI is InChI=1S/C9H14F3NO2/c1-7(9(10,11)12)15-8(14)13-5-3-2-4-6-13/h7H,2-6H2,1H3. The number of halogens is 3. The molecular weight excluding hydrogens is 211 g/mol. The van der Waals surface area contributed by atoms with Gasteiger partial charge in [-0.3, -0.25) is 0 Å². The molecule has 1 unspecified atom stereocenters. The lowest BCUT2D eigenvalue weighted by Gasteiger charge is -2.27. The number of hydrogen-bond acceptors (Lipinski definition) is 2. The van der Waals surface area contributed by atoms with Crippen LogP contribution in [0.3, 0.4) is 0 Å². The lowest BCUT2D eigenvalue weighted by atomic mass is 10.1. The van der Waals surface area contributed by atoms with Crippen molar-refractivity contribution in [3.05, 3.63) is 0 Å². The van der Waals surface area contributed by atoms with Crippen LogP contribution in [0, 0.1) is 0 Å². The molecule has 1 atom stereocenters. The minimum Gasteiger partial charge on any atom is -0.437 e. The van der Waals surface area contributed by atoms with Crippen LogP contribution >= 0.6 is 0 Å². The van der Waals surface area contributed by atoms with Crippen molar-refractivity contribution in [3.63, 3.8) is 0 Å². The Hall–Kier alpha value is -0.940. The number of rotatable bonds is 1. The second-order valence-corrected chi connectivity index (χ2v) is 3.62. The van der Waals surface area contributed by atoms with Crippen molar-refractivity contribution < 1.29 is 22.7 Å². The van der Waals surface area contributed by atoms with Gasteiger partial charge in [0.25, 0.3) is 0 Å². The fourth-order valence-corrected chi connectivity index (χ4v) is 1.37. The summed E-state index contributed by atoms with van der Waals surface area (Å²) in [5.41, 5.74) is 0. The number of carbonyl (C=O) groups excluding carboxylic acids is 1. The first-order chi connectivity index (χ1) is 6.91. The summed E-state index contributed by atoms with van der Waals surface area (Å²) in [7, 11) is 0.